The van der Waals surface area contributed by atoms with Crippen LogP contribution in [0.3, 0.4) is 0 Å². The molecule has 2 aromatic rings. The van der Waals surface area contributed by atoms with Gasteiger partial charge in [-0.2, -0.15) is 0 Å². The zero-order valence-electron chi connectivity index (χ0n) is 16.9. The maximum Gasteiger partial charge on any atom is 0.0221 e. The molecular weight excluding hydrogens is 344 g/mol. The van der Waals surface area contributed by atoms with Crippen LogP contribution in [0.2, 0.25) is 0 Å². The van der Waals surface area contributed by atoms with Gasteiger partial charge in [-0.3, -0.25) is 0 Å². The molecule has 0 aromatic heterocycles. The van der Waals surface area contributed by atoms with Gasteiger partial charge in [0, 0.05) is 37.3 Å². The van der Waals surface area contributed by atoms with Gasteiger partial charge in [0.15, 0.2) is 0 Å². The van der Waals surface area contributed by atoms with Gasteiger partial charge in [0.2, 0.25) is 0 Å². The average Bonchev–Trinajstić information content (AvgIpc) is 2.73. The zero-order chi connectivity index (χ0) is 19.6. The van der Waals surface area contributed by atoms with Crippen molar-refractivity contribution in [2.75, 3.05) is 13.1 Å². The fourth-order valence-corrected chi connectivity index (χ4v) is 4.20. The highest BCUT2D eigenvalue weighted by Gasteiger charge is 2.25. The van der Waals surface area contributed by atoms with E-state index < -0.39 is 0 Å². The van der Waals surface area contributed by atoms with E-state index in [2.05, 4.69) is 59.2 Å². The molecule has 152 valence electrons. The van der Waals surface area contributed by atoms with Gasteiger partial charge in [0.25, 0.3) is 0 Å². The van der Waals surface area contributed by atoms with Gasteiger partial charge in [0.1, 0.15) is 0 Å². The molecule has 0 bridgehead atoms. The van der Waals surface area contributed by atoms with Crippen LogP contribution in [0.25, 0.3) is 0 Å². The number of nitrogens with two attached hydrogens (primary N) is 2. The van der Waals surface area contributed by atoms with Crippen LogP contribution in [-0.4, -0.2) is 37.3 Å². The van der Waals surface area contributed by atoms with Crippen LogP contribution in [0.15, 0.2) is 60.7 Å². The number of hydrogen-bond acceptors (Lipinski definition) is 4. The third-order valence-electron chi connectivity index (χ3n) is 5.73. The van der Waals surface area contributed by atoms with E-state index in [9.17, 15) is 0 Å². The highest BCUT2D eigenvalue weighted by Crippen LogP contribution is 2.19. The Labute approximate surface area is 170 Å². The Bertz CT molecular complexity index is 601. The number of nitrogens with one attached hydrogen (secondary N) is 2. The lowest BCUT2D eigenvalue weighted by atomic mass is 9.89. The largest absolute Gasteiger partial charge is 0.326 e. The van der Waals surface area contributed by atoms with E-state index in [1.54, 1.807) is 0 Å². The van der Waals surface area contributed by atoms with Gasteiger partial charge < -0.3 is 22.1 Å². The van der Waals surface area contributed by atoms with Crippen LogP contribution in [-0.2, 0) is 12.8 Å². The first-order chi connectivity index (χ1) is 13.7. The normalized spacial score (nSPS) is 21.9. The topological polar surface area (TPSA) is 76.1 Å². The molecule has 2 aromatic carbocycles. The quantitative estimate of drug-likeness (QED) is 0.511. The molecule has 0 unspecified atom stereocenters. The maximum absolute atomic E-state index is 6.37. The van der Waals surface area contributed by atoms with Gasteiger partial charge in [-0.1, -0.05) is 73.5 Å². The van der Waals surface area contributed by atoms with Crippen LogP contribution >= 0.6 is 0 Å². The number of hydrogen-bond donors (Lipinski definition) is 4. The molecule has 28 heavy (non-hydrogen) atoms. The van der Waals surface area contributed by atoms with Crippen molar-refractivity contribution >= 4 is 0 Å². The molecule has 4 nitrogen and oxygen atoms in total. The lowest BCUT2D eigenvalue weighted by Crippen LogP contribution is -2.54. The minimum absolute atomic E-state index is 0.144. The van der Waals surface area contributed by atoms with Crippen LogP contribution in [0, 0.1) is 0 Å². The Hall–Kier alpha value is -1.72. The van der Waals surface area contributed by atoms with E-state index in [4.69, 9.17) is 11.5 Å². The first-order valence-corrected chi connectivity index (χ1v) is 10.8. The monoisotopic (exact) mass is 380 g/mol. The molecule has 1 aliphatic carbocycles. The molecule has 0 saturated heterocycles. The first kappa shape index (κ1) is 21.0. The lowest BCUT2D eigenvalue weighted by Gasteiger charge is -2.34. The molecule has 1 aliphatic rings. The van der Waals surface area contributed by atoms with Crippen molar-refractivity contribution in [1.82, 2.24) is 10.6 Å². The average molecular weight is 381 g/mol. The highest BCUT2D eigenvalue weighted by molar-refractivity contribution is 5.16. The fourth-order valence-electron chi connectivity index (χ4n) is 4.20. The van der Waals surface area contributed by atoms with Crippen LogP contribution in [0.1, 0.15) is 36.8 Å². The van der Waals surface area contributed by atoms with Gasteiger partial charge in [-0.05, 0) is 36.8 Å². The predicted octanol–water partition coefficient (Wildman–Crippen LogP) is 2.62. The van der Waals surface area contributed by atoms with Crippen LogP contribution in [0.5, 0.6) is 0 Å². The second-order valence-electron chi connectivity index (χ2n) is 8.21. The summed E-state index contributed by atoms with van der Waals surface area (Å²) in [6.07, 6.45) is 6.84. The van der Waals surface area contributed by atoms with Crippen molar-refractivity contribution in [2.24, 2.45) is 11.5 Å². The van der Waals surface area contributed by atoms with Crippen molar-refractivity contribution in [1.29, 1.82) is 0 Å². The van der Waals surface area contributed by atoms with Crippen LogP contribution < -0.4 is 22.1 Å². The fraction of sp³-hybridized carbons (Fsp3) is 0.500. The molecular formula is C24H36N4. The number of benzene rings is 2. The van der Waals surface area contributed by atoms with Gasteiger partial charge >= 0.3 is 0 Å². The minimum Gasteiger partial charge on any atom is -0.326 e. The summed E-state index contributed by atoms with van der Waals surface area (Å²) in [6, 6.07) is 22.3. The first-order valence-electron chi connectivity index (χ1n) is 10.8. The maximum atomic E-state index is 6.37. The number of rotatable bonds is 10. The van der Waals surface area contributed by atoms with Crippen molar-refractivity contribution < 1.29 is 0 Å². The molecule has 4 atom stereocenters. The second-order valence-corrected chi connectivity index (χ2v) is 8.21. The smallest absolute Gasteiger partial charge is 0.0221 e. The summed E-state index contributed by atoms with van der Waals surface area (Å²) in [5.41, 5.74) is 15.4. The molecule has 0 spiro atoms. The van der Waals surface area contributed by atoms with Gasteiger partial charge in [-0.15, -0.1) is 0 Å². The Kier molecular flexibility index (Phi) is 8.49. The van der Waals surface area contributed by atoms with E-state index in [1.807, 2.05) is 12.1 Å². The summed E-state index contributed by atoms with van der Waals surface area (Å²) in [5.74, 6) is 0. The summed E-state index contributed by atoms with van der Waals surface area (Å²) < 4.78 is 0. The van der Waals surface area contributed by atoms with E-state index >= 15 is 0 Å². The third kappa shape index (κ3) is 7.02. The summed E-state index contributed by atoms with van der Waals surface area (Å²) in [4.78, 5) is 0. The Morgan fingerprint density at radius 2 is 1.07 bits per heavy atom. The summed E-state index contributed by atoms with van der Waals surface area (Å²) in [7, 11) is 0. The van der Waals surface area contributed by atoms with Crippen molar-refractivity contribution in [2.45, 2.75) is 62.7 Å². The Balaban J connectivity index is 1.41. The molecule has 3 rings (SSSR count). The van der Waals surface area contributed by atoms with E-state index in [0.717, 1.165) is 25.9 Å². The predicted molar refractivity (Wildman–Crippen MR) is 118 cm³/mol. The van der Waals surface area contributed by atoms with E-state index in [1.165, 1.54) is 36.8 Å². The molecule has 0 heterocycles. The van der Waals surface area contributed by atoms with E-state index in [-0.39, 0.29) is 12.1 Å². The standard InChI is InChI=1S/C24H36N4/c25-21(15-19-9-3-1-4-10-19)17-27-23-13-7-8-14-24(23)28-18-22(26)16-20-11-5-2-6-12-20/h1-6,9-12,21-24,27-28H,7-8,13-18,25-26H2/t21-,22-,23+,24+/m0/s1. The molecule has 1 fully saturated rings. The van der Waals surface area contributed by atoms with Crippen molar-refractivity contribution in [3.63, 3.8) is 0 Å². The molecule has 6 N–H and O–H groups in total. The third-order valence-corrected chi connectivity index (χ3v) is 5.73. The summed E-state index contributed by atoms with van der Waals surface area (Å²) in [5, 5.41) is 7.47. The molecule has 0 aliphatic heterocycles. The zero-order valence-corrected chi connectivity index (χ0v) is 16.9. The summed E-state index contributed by atoms with van der Waals surface area (Å²) >= 11 is 0. The molecule has 0 radical (unpaired) electrons. The SMILES string of the molecule is N[C@H](CN[C@@H]1CCCC[C@H]1NC[C@@H](N)Cc1ccccc1)Cc1ccccc1. The Morgan fingerprint density at radius 3 is 1.46 bits per heavy atom. The Morgan fingerprint density at radius 1 is 0.679 bits per heavy atom. The second kappa shape index (κ2) is 11.3. The minimum atomic E-state index is 0.144. The lowest BCUT2D eigenvalue weighted by molar-refractivity contribution is 0.276. The molecule has 1 saturated carbocycles. The van der Waals surface area contributed by atoms with Crippen LogP contribution in [0.4, 0.5) is 0 Å². The molecule has 0 amide bonds. The van der Waals surface area contributed by atoms with Crippen molar-refractivity contribution in [3.8, 4) is 0 Å². The van der Waals surface area contributed by atoms with Crippen molar-refractivity contribution in [3.05, 3.63) is 71.8 Å². The van der Waals surface area contributed by atoms with E-state index in [0.29, 0.717) is 12.1 Å². The van der Waals surface area contributed by atoms with Gasteiger partial charge in [-0.25, -0.2) is 0 Å². The highest BCUT2D eigenvalue weighted by atomic mass is 15.0. The summed E-state index contributed by atoms with van der Waals surface area (Å²) in [6.45, 7) is 1.71. The molecule has 4 heteroatoms. The van der Waals surface area contributed by atoms with Gasteiger partial charge in [0.05, 0.1) is 0 Å².